The number of carbonyl (C=O) groups excluding carboxylic acids is 1. The molecule has 0 aliphatic rings. The molecule has 3 nitrogen and oxygen atoms in total. The molecule has 0 aliphatic carbocycles. The van der Waals surface area contributed by atoms with Gasteiger partial charge in [-0.1, -0.05) is 0 Å². The van der Waals surface area contributed by atoms with Gasteiger partial charge >= 0.3 is 5.97 Å². The molecule has 0 saturated heterocycles. The minimum atomic E-state index is -2.78. The molecule has 7 heteroatoms. The van der Waals surface area contributed by atoms with Crippen molar-refractivity contribution in [3.05, 3.63) is 26.4 Å². The Morgan fingerprint density at radius 2 is 2.19 bits per heavy atom. The molecule has 0 aliphatic heterocycles. The molecular formula is C9H7Br2F2NO2. The van der Waals surface area contributed by atoms with E-state index in [1.54, 1.807) is 6.92 Å². The molecule has 0 bridgehead atoms. The van der Waals surface area contributed by atoms with Crippen LogP contribution in [0.2, 0.25) is 0 Å². The standard InChI is InChI=1S/C9H7Br2F2NO2/c1-2-16-9(15)6-4(8(12)13)3-5(10)7(11)14-6/h3,8H,2H2,1H3. The summed E-state index contributed by atoms with van der Waals surface area (Å²) < 4.78 is 30.6. The maximum absolute atomic E-state index is 12.7. The number of carbonyl (C=O) groups is 1. The average Bonchev–Trinajstić information content (AvgIpc) is 2.21. The molecule has 0 N–H and O–H groups in total. The zero-order chi connectivity index (χ0) is 12.3. The third kappa shape index (κ3) is 2.98. The summed E-state index contributed by atoms with van der Waals surface area (Å²) >= 11 is 6.08. The number of hydrogen-bond donors (Lipinski definition) is 0. The van der Waals surface area contributed by atoms with Gasteiger partial charge in [0.1, 0.15) is 4.60 Å². The average molecular weight is 359 g/mol. The largest absolute Gasteiger partial charge is 0.461 e. The number of halogens is 4. The van der Waals surface area contributed by atoms with Gasteiger partial charge in [0, 0.05) is 0 Å². The van der Waals surface area contributed by atoms with E-state index in [-0.39, 0.29) is 16.9 Å². The molecule has 0 unspecified atom stereocenters. The third-order valence-corrected chi connectivity index (χ3v) is 3.41. The van der Waals surface area contributed by atoms with Crippen molar-refractivity contribution < 1.29 is 18.3 Å². The lowest BCUT2D eigenvalue weighted by molar-refractivity contribution is 0.0507. The van der Waals surface area contributed by atoms with Crippen LogP contribution in [0.1, 0.15) is 29.4 Å². The van der Waals surface area contributed by atoms with E-state index in [0.29, 0.717) is 4.47 Å². The van der Waals surface area contributed by atoms with Gasteiger partial charge in [0.2, 0.25) is 0 Å². The number of rotatable bonds is 3. The maximum atomic E-state index is 12.7. The predicted octanol–water partition coefficient (Wildman–Crippen LogP) is 3.72. The van der Waals surface area contributed by atoms with Crippen LogP contribution >= 0.6 is 31.9 Å². The molecule has 0 radical (unpaired) electrons. The van der Waals surface area contributed by atoms with E-state index in [4.69, 9.17) is 0 Å². The molecule has 1 rings (SSSR count). The fourth-order valence-electron chi connectivity index (χ4n) is 1.01. The maximum Gasteiger partial charge on any atom is 0.357 e. The third-order valence-electron chi connectivity index (χ3n) is 1.67. The van der Waals surface area contributed by atoms with Gasteiger partial charge in [-0.2, -0.15) is 0 Å². The monoisotopic (exact) mass is 357 g/mol. The summed E-state index contributed by atoms with van der Waals surface area (Å²) in [6.45, 7) is 1.70. The second kappa shape index (κ2) is 5.67. The van der Waals surface area contributed by atoms with Crippen LogP contribution in [0.4, 0.5) is 8.78 Å². The Kier molecular flexibility index (Phi) is 4.79. The molecule has 1 heterocycles. The Hall–Kier alpha value is -0.560. The van der Waals surface area contributed by atoms with Crippen LogP contribution < -0.4 is 0 Å². The van der Waals surface area contributed by atoms with Crippen molar-refractivity contribution in [1.29, 1.82) is 0 Å². The SMILES string of the molecule is CCOC(=O)c1nc(Br)c(Br)cc1C(F)F. The van der Waals surface area contributed by atoms with E-state index < -0.39 is 18.0 Å². The van der Waals surface area contributed by atoms with Crippen molar-refractivity contribution in [2.24, 2.45) is 0 Å². The van der Waals surface area contributed by atoms with Crippen molar-refractivity contribution in [1.82, 2.24) is 4.98 Å². The first-order valence-electron chi connectivity index (χ1n) is 4.28. The molecule has 0 spiro atoms. The van der Waals surface area contributed by atoms with Crippen LogP contribution in [0.3, 0.4) is 0 Å². The second-order valence-electron chi connectivity index (χ2n) is 2.72. The Morgan fingerprint density at radius 1 is 1.56 bits per heavy atom. The van der Waals surface area contributed by atoms with Crippen molar-refractivity contribution in [3.63, 3.8) is 0 Å². The molecular weight excluding hydrogens is 352 g/mol. The van der Waals surface area contributed by atoms with Crippen LogP contribution in [0, 0.1) is 0 Å². The van der Waals surface area contributed by atoms with Crippen molar-refractivity contribution >= 4 is 37.8 Å². The van der Waals surface area contributed by atoms with Crippen LogP contribution in [-0.2, 0) is 4.74 Å². The summed E-state index contributed by atoms with van der Waals surface area (Å²) in [5.74, 6) is -0.856. The molecule has 0 saturated carbocycles. The smallest absolute Gasteiger partial charge is 0.357 e. The second-order valence-corrected chi connectivity index (χ2v) is 4.33. The van der Waals surface area contributed by atoms with Gasteiger partial charge in [0.15, 0.2) is 5.69 Å². The minimum absolute atomic E-state index is 0.108. The highest BCUT2D eigenvalue weighted by atomic mass is 79.9. The summed E-state index contributed by atoms with van der Waals surface area (Å²) in [5.41, 5.74) is -0.819. The van der Waals surface area contributed by atoms with E-state index >= 15 is 0 Å². The van der Waals surface area contributed by atoms with Crippen LogP contribution in [-0.4, -0.2) is 17.6 Å². The lowest BCUT2D eigenvalue weighted by Gasteiger charge is -2.08. The van der Waals surface area contributed by atoms with Crippen LogP contribution in [0.15, 0.2) is 15.1 Å². The van der Waals surface area contributed by atoms with Gasteiger partial charge in [-0.05, 0) is 44.8 Å². The fourth-order valence-corrected chi connectivity index (χ4v) is 1.64. The normalized spacial score (nSPS) is 10.6. The van der Waals surface area contributed by atoms with Gasteiger partial charge in [0.05, 0.1) is 16.6 Å². The Labute approximate surface area is 107 Å². The summed E-state index contributed by atoms with van der Waals surface area (Å²) in [4.78, 5) is 15.1. The number of ether oxygens (including phenoxy) is 1. The van der Waals surface area contributed by atoms with Gasteiger partial charge in [-0.3, -0.25) is 0 Å². The topological polar surface area (TPSA) is 39.2 Å². The number of esters is 1. The quantitative estimate of drug-likeness (QED) is 0.610. The first-order chi connectivity index (χ1) is 7.47. The van der Waals surface area contributed by atoms with E-state index in [2.05, 4.69) is 41.6 Å². The summed E-state index contributed by atoms with van der Waals surface area (Å²) in [6.07, 6.45) is -2.78. The molecule has 0 fully saturated rings. The zero-order valence-electron chi connectivity index (χ0n) is 8.14. The fraction of sp³-hybridized carbons (Fsp3) is 0.333. The number of alkyl halides is 2. The van der Waals surface area contributed by atoms with Gasteiger partial charge in [0.25, 0.3) is 6.43 Å². The van der Waals surface area contributed by atoms with Crippen molar-refractivity contribution in [2.75, 3.05) is 6.61 Å². The van der Waals surface area contributed by atoms with E-state index in [1.807, 2.05) is 0 Å². The molecule has 1 aromatic rings. The Morgan fingerprint density at radius 3 is 2.69 bits per heavy atom. The summed E-state index contributed by atoms with van der Waals surface area (Å²) in [7, 11) is 0. The molecule has 0 atom stereocenters. The lowest BCUT2D eigenvalue weighted by atomic mass is 10.2. The molecule has 88 valence electrons. The number of aromatic nitrogens is 1. The summed E-state index contributed by atoms with van der Waals surface area (Å²) in [6, 6.07) is 1.15. The molecule has 16 heavy (non-hydrogen) atoms. The van der Waals surface area contributed by atoms with Crippen molar-refractivity contribution in [3.8, 4) is 0 Å². The van der Waals surface area contributed by atoms with E-state index in [1.165, 1.54) is 0 Å². The zero-order valence-corrected chi connectivity index (χ0v) is 11.3. The van der Waals surface area contributed by atoms with Gasteiger partial charge in [-0.25, -0.2) is 18.6 Å². The number of nitrogens with zero attached hydrogens (tertiary/aromatic N) is 1. The van der Waals surface area contributed by atoms with Crippen LogP contribution in [0.25, 0.3) is 0 Å². The predicted molar refractivity (Wildman–Crippen MR) is 60.6 cm³/mol. The first kappa shape index (κ1) is 13.5. The highest BCUT2D eigenvalue weighted by molar-refractivity contribution is 9.13. The molecule has 0 aromatic carbocycles. The first-order valence-corrected chi connectivity index (χ1v) is 5.87. The summed E-state index contributed by atoms with van der Waals surface area (Å²) in [5, 5.41) is 0. The Balaban J connectivity index is 3.24. The highest BCUT2D eigenvalue weighted by Crippen LogP contribution is 2.29. The molecule has 0 amide bonds. The van der Waals surface area contributed by atoms with Crippen molar-refractivity contribution in [2.45, 2.75) is 13.3 Å². The van der Waals surface area contributed by atoms with E-state index in [0.717, 1.165) is 6.07 Å². The van der Waals surface area contributed by atoms with Crippen LogP contribution in [0.5, 0.6) is 0 Å². The Bertz CT molecular complexity index is 413. The highest BCUT2D eigenvalue weighted by Gasteiger charge is 2.22. The van der Waals surface area contributed by atoms with Gasteiger partial charge in [-0.15, -0.1) is 0 Å². The minimum Gasteiger partial charge on any atom is -0.461 e. The lowest BCUT2D eigenvalue weighted by Crippen LogP contribution is -2.11. The molecule has 1 aromatic heterocycles. The van der Waals surface area contributed by atoms with E-state index in [9.17, 15) is 13.6 Å². The number of hydrogen-bond acceptors (Lipinski definition) is 3. The number of pyridine rings is 1. The van der Waals surface area contributed by atoms with Gasteiger partial charge < -0.3 is 4.74 Å².